The van der Waals surface area contributed by atoms with Gasteiger partial charge < -0.3 is 15.3 Å². The lowest BCUT2D eigenvalue weighted by Crippen LogP contribution is -1.96. The predicted octanol–water partition coefficient (Wildman–Crippen LogP) is 2.16. The molecular formula is C10H11ClO4. The third kappa shape index (κ3) is 3.02. The fourth-order valence-corrected chi connectivity index (χ4v) is 1.50. The normalized spacial score (nSPS) is 10.2. The summed E-state index contributed by atoms with van der Waals surface area (Å²) in [4.78, 5) is 10.3. The van der Waals surface area contributed by atoms with Crippen molar-refractivity contribution in [1.29, 1.82) is 0 Å². The molecular weight excluding hydrogens is 220 g/mol. The number of benzene rings is 1. The highest BCUT2D eigenvalue weighted by Crippen LogP contribution is 2.34. The standard InChI is InChI=1S/C10H11ClO4/c11-7-4-5-8(12)10(15)6(7)2-1-3-9(13)14/h4-5,12,15H,1-3H2,(H,13,14). The number of aliphatic carboxylic acids is 1. The average Bonchev–Trinajstić information content (AvgIpc) is 2.17. The number of rotatable bonds is 4. The topological polar surface area (TPSA) is 77.8 Å². The molecule has 0 saturated carbocycles. The maximum absolute atomic E-state index is 10.3. The van der Waals surface area contributed by atoms with Gasteiger partial charge in [-0.05, 0) is 25.0 Å². The highest BCUT2D eigenvalue weighted by atomic mass is 35.5. The highest BCUT2D eigenvalue weighted by Gasteiger charge is 2.11. The molecule has 0 amide bonds. The Hall–Kier alpha value is -1.42. The fourth-order valence-electron chi connectivity index (χ4n) is 1.25. The van der Waals surface area contributed by atoms with E-state index in [1.54, 1.807) is 0 Å². The molecule has 1 rings (SSSR count). The molecule has 0 aliphatic rings. The second-order valence-corrected chi connectivity index (χ2v) is 3.55. The maximum Gasteiger partial charge on any atom is 0.303 e. The first-order valence-corrected chi connectivity index (χ1v) is 4.81. The molecule has 0 saturated heterocycles. The first-order valence-electron chi connectivity index (χ1n) is 4.43. The Labute approximate surface area is 91.7 Å². The highest BCUT2D eigenvalue weighted by molar-refractivity contribution is 6.31. The average molecular weight is 231 g/mol. The maximum atomic E-state index is 10.3. The largest absolute Gasteiger partial charge is 0.504 e. The Morgan fingerprint density at radius 1 is 1.33 bits per heavy atom. The van der Waals surface area contributed by atoms with Gasteiger partial charge in [0, 0.05) is 17.0 Å². The van der Waals surface area contributed by atoms with Gasteiger partial charge in [-0.25, -0.2) is 0 Å². The Bertz CT molecular complexity index is 376. The second kappa shape index (κ2) is 4.89. The van der Waals surface area contributed by atoms with E-state index < -0.39 is 5.97 Å². The summed E-state index contributed by atoms with van der Waals surface area (Å²) in [6.07, 6.45) is 0.697. The number of hydrogen-bond donors (Lipinski definition) is 3. The molecule has 1 aromatic carbocycles. The van der Waals surface area contributed by atoms with Crippen molar-refractivity contribution in [3.05, 3.63) is 22.7 Å². The first kappa shape index (κ1) is 11.7. The van der Waals surface area contributed by atoms with E-state index in [9.17, 15) is 15.0 Å². The minimum Gasteiger partial charge on any atom is -0.504 e. The molecule has 0 aliphatic carbocycles. The van der Waals surface area contributed by atoms with Crippen molar-refractivity contribution in [2.45, 2.75) is 19.3 Å². The minimum absolute atomic E-state index is 0.00538. The number of phenolic OH excluding ortho intramolecular Hbond substituents is 2. The number of carbonyl (C=O) groups is 1. The lowest BCUT2D eigenvalue weighted by Gasteiger charge is -2.07. The lowest BCUT2D eigenvalue weighted by atomic mass is 10.1. The number of hydrogen-bond acceptors (Lipinski definition) is 3. The van der Waals surface area contributed by atoms with Crippen LogP contribution in [0.5, 0.6) is 11.5 Å². The van der Waals surface area contributed by atoms with E-state index in [2.05, 4.69) is 0 Å². The van der Waals surface area contributed by atoms with Crippen LogP contribution in [0.15, 0.2) is 12.1 Å². The molecule has 0 spiro atoms. The zero-order valence-electron chi connectivity index (χ0n) is 7.90. The first-order chi connectivity index (χ1) is 7.02. The van der Waals surface area contributed by atoms with E-state index in [0.29, 0.717) is 23.4 Å². The molecule has 1 aromatic rings. The molecule has 0 atom stereocenters. The van der Waals surface area contributed by atoms with Gasteiger partial charge in [-0.1, -0.05) is 11.6 Å². The van der Waals surface area contributed by atoms with E-state index in [4.69, 9.17) is 16.7 Å². The van der Waals surface area contributed by atoms with Gasteiger partial charge in [0.25, 0.3) is 0 Å². The molecule has 15 heavy (non-hydrogen) atoms. The van der Waals surface area contributed by atoms with Gasteiger partial charge in [0.1, 0.15) is 0 Å². The summed E-state index contributed by atoms with van der Waals surface area (Å²) in [6.45, 7) is 0. The van der Waals surface area contributed by atoms with E-state index >= 15 is 0 Å². The quantitative estimate of drug-likeness (QED) is 0.693. The summed E-state index contributed by atoms with van der Waals surface area (Å²) in [5, 5.41) is 27.4. The van der Waals surface area contributed by atoms with Crippen molar-refractivity contribution in [2.75, 3.05) is 0 Å². The number of halogens is 1. The van der Waals surface area contributed by atoms with Crippen molar-refractivity contribution < 1.29 is 20.1 Å². The minimum atomic E-state index is -0.897. The zero-order valence-corrected chi connectivity index (χ0v) is 8.66. The van der Waals surface area contributed by atoms with Crippen molar-refractivity contribution in [2.24, 2.45) is 0 Å². The molecule has 0 bridgehead atoms. The van der Waals surface area contributed by atoms with E-state index in [-0.39, 0.29) is 17.9 Å². The molecule has 4 nitrogen and oxygen atoms in total. The van der Waals surface area contributed by atoms with E-state index in [1.807, 2.05) is 0 Å². The molecule has 0 unspecified atom stereocenters. The van der Waals surface area contributed by atoms with Gasteiger partial charge in [-0.15, -0.1) is 0 Å². The summed E-state index contributed by atoms with van der Waals surface area (Å²) >= 11 is 5.80. The molecule has 0 radical (unpaired) electrons. The lowest BCUT2D eigenvalue weighted by molar-refractivity contribution is -0.137. The van der Waals surface area contributed by atoms with Crippen LogP contribution in [0.3, 0.4) is 0 Å². The van der Waals surface area contributed by atoms with Gasteiger partial charge in [0.05, 0.1) is 0 Å². The summed E-state index contributed by atoms with van der Waals surface area (Å²) in [7, 11) is 0. The summed E-state index contributed by atoms with van der Waals surface area (Å²) in [6, 6.07) is 2.76. The summed E-state index contributed by atoms with van der Waals surface area (Å²) in [5.41, 5.74) is 0.387. The van der Waals surface area contributed by atoms with Crippen LogP contribution in [0.2, 0.25) is 5.02 Å². The van der Waals surface area contributed by atoms with Gasteiger partial charge in [-0.3, -0.25) is 4.79 Å². The number of carboxylic acid groups (broad SMARTS) is 1. The third-order valence-corrected chi connectivity index (χ3v) is 2.38. The smallest absolute Gasteiger partial charge is 0.303 e. The van der Waals surface area contributed by atoms with Crippen molar-refractivity contribution >= 4 is 17.6 Å². The number of phenols is 2. The van der Waals surface area contributed by atoms with Gasteiger partial charge in [-0.2, -0.15) is 0 Å². The number of aromatic hydroxyl groups is 2. The molecule has 3 N–H and O–H groups in total. The van der Waals surface area contributed by atoms with Crippen LogP contribution in [-0.4, -0.2) is 21.3 Å². The molecule has 0 fully saturated rings. The second-order valence-electron chi connectivity index (χ2n) is 3.14. The van der Waals surface area contributed by atoms with Crippen molar-refractivity contribution in [3.63, 3.8) is 0 Å². The predicted molar refractivity (Wildman–Crippen MR) is 55.4 cm³/mol. The van der Waals surface area contributed by atoms with Gasteiger partial charge >= 0.3 is 5.97 Å². The van der Waals surface area contributed by atoms with Gasteiger partial charge in [0.15, 0.2) is 11.5 Å². The summed E-state index contributed by atoms with van der Waals surface area (Å²) in [5.74, 6) is -1.41. The molecule has 0 aliphatic heterocycles. The van der Waals surface area contributed by atoms with Crippen LogP contribution in [0, 0.1) is 0 Å². The third-order valence-electron chi connectivity index (χ3n) is 2.02. The van der Waals surface area contributed by atoms with Crippen LogP contribution in [0.25, 0.3) is 0 Å². The Morgan fingerprint density at radius 3 is 2.60 bits per heavy atom. The van der Waals surface area contributed by atoms with E-state index in [0.717, 1.165) is 0 Å². The number of carboxylic acids is 1. The van der Waals surface area contributed by atoms with Crippen LogP contribution >= 0.6 is 11.6 Å². The van der Waals surface area contributed by atoms with Gasteiger partial charge in [0.2, 0.25) is 0 Å². The van der Waals surface area contributed by atoms with Crippen LogP contribution in [0.4, 0.5) is 0 Å². The Kier molecular flexibility index (Phi) is 3.80. The molecule has 0 heterocycles. The van der Waals surface area contributed by atoms with Crippen LogP contribution in [-0.2, 0) is 11.2 Å². The zero-order chi connectivity index (χ0) is 11.4. The van der Waals surface area contributed by atoms with Crippen LogP contribution < -0.4 is 0 Å². The molecule has 5 heteroatoms. The van der Waals surface area contributed by atoms with Crippen LogP contribution in [0.1, 0.15) is 18.4 Å². The Balaban J connectivity index is 2.75. The van der Waals surface area contributed by atoms with Crippen molar-refractivity contribution in [3.8, 4) is 11.5 Å². The Morgan fingerprint density at radius 2 is 2.00 bits per heavy atom. The monoisotopic (exact) mass is 230 g/mol. The van der Waals surface area contributed by atoms with E-state index in [1.165, 1.54) is 12.1 Å². The fraction of sp³-hybridized carbons (Fsp3) is 0.300. The van der Waals surface area contributed by atoms with Crippen molar-refractivity contribution in [1.82, 2.24) is 0 Å². The molecule has 82 valence electrons. The SMILES string of the molecule is O=C(O)CCCc1c(Cl)ccc(O)c1O. The summed E-state index contributed by atoms with van der Waals surface area (Å²) < 4.78 is 0. The molecule has 0 aromatic heterocycles.